The van der Waals surface area contributed by atoms with Crippen LogP contribution in [0.1, 0.15) is 149 Å². The van der Waals surface area contributed by atoms with Gasteiger partial charge < -0.3 is 14.6 Å². The van der Waals surface area contributed by atoms with E-state index in [-0.39, 0.29) is 19.2 Å². The van der Waals surface area contributed by atoms with Crippen molar-refractivity contribution in [3.8, 4) is 0 Å². The number of carbonyl (C=O) groups excluding carboxylic acids is 1. The Bertz CT molecular complexity index is 846. The lowest BCUT2D eigenvalue weighted by Crippen LogP contribution is -2.27. The molecule has 0 radical (unpaired) electrons. The van der Waals surface area contributed by atoms with E-state index in [4.69, 9.17) is 9.47 Å². The molecule has 4 nitrogen and oxygen atoms in total. The number of allylic oxidation sites excluding steroid dienone is 14. The van der Waals surface area contributed by atoms with Crippen molar-refractivity contribution >= 4 is 5.97 Å². The average molecular weight is 639 g/mol. The minimum atomic E-state index is -0.561. The molecule has 0 saturated heterocycles. The molecule has 1 N–H and O–H groups in total. The number of rotatable bonds is 33. The highest BCUT2D eigenvalue weighted by molar-refractivity contribution is 5.69. The molecule has 0 aliphatic carbocycles. The number of esters is 1. The van der Waals surface area contributed by atoms with E-state index in [0.29, 0.717) is 13.0 Å². The van der Waals surface area contributed by atoms with E-state index in [1.807, 2.05) is 0 Å². The summed E-state index contributed by atoms with van der Waals surface area (Å²) in [7, 11) is 0. The molecule has 0 bridgehead atoms. The van der Waals surface area contributed by atoms with Crippen molar-refractivity contribution in [2.75, 3.05) is 19.8 Å². The Morgan fingerprint density at radius 1 is 0.543 bits per heavy atom. The second-order valence-corrected chi connectivity index (χ2v) is 11.9. The van der Waals surface area contributed by atoms with Crippen molar-refractivity contribution in [1.82, 2.24) is 0 Å². The predicted molar refractivity (Wildman–Crippen MR) is 200 cm³/mol. The van der Waals surface area contributed by atoms with Gasteiger partial charge in [-0.15, -0.1) is 0 Å². The number of carbonyl (C=O) groups is 1. The van der Waals surface area contributed by atoms with Gasteiger partial charge in [0, 0.05) is 13.0 Å². The van der Waals surface area contributed by atoms with Gasteiger partial charge in [-0.1, -0.05) is 144 Å². The fraction of sp³-hybridized carbons (Fsp3) is 0.643. The lowest BCUT2D eigenvalue weighted by molar-refractivity contribution is -0.154. The first-order chi connectivity index (χ1) is 22.7. The van der Waals surface area contributed by atoms with Crippen LogP contribution in [0.25, 0.3) is 0 Å². The average Bonchev–Trinajstić information content (AvgIpc) is 3.06. The summed E-state index contributed by atoms with van der Waals surface area (Å²) in [4.78, 5) is 12.1. The van der Waals surface area contributed by atoms with E-state index in [1.54, 1.807) is 0 Å². The Morgan fingerprint density at radius 2 is 0.978 bits per heavy atom. The summed E-state index contributed by atoms with van der Waals surface area (Å²) in [6, 6.07) is 0. The fourth-order valence-corrected chi connectivity index (χ4v) is 4.66. The molecule has 0 aliphatic rings. The molecule has 46 heavy (non-hydrogen) atoms. The van der Waals surface area contributed by atoms with E-state index in [0.717, 1.165) is 77.0 Å². The molecule has 0 spiro atoms. The molecular formula is C42H70O4. The molecule has 0 saturated carbocycles. The van der Waals surface area contributed by atoms with E-state index in [2.05, 4.69) is 98.9 Å². The molecule has 0 amide bonds. The Labute approximate surface area is 284 Å². The summed E-state index contributed by atoms with van der Waals surface area (Å²) in [5, 5.41) is 9.56. The highest BCUT2D eigenvalue weighted by atomic mass is 16.6. The van der Waals surface area contributed by atoms with Crippen LogP contribution in [0, 0.1) is 0 Å². The molecule has 1 unspecified atom stereocenters. The first kappa shape index (κ1) is 43.6. The van der Waals surface area contributed by atoms with Crippen molar-refractivity contribution < 1.29 is 19.4 Å². The zero-order valence-electron chi connectivity index (χ0n) is 29.8. The lowest BCUT2D eigenvalue weighted by Gasteiger charge is -2.15. The second kappa shape index (κ2) is 38.8. The van der Waals surface area contributed by atoms with Crippen molar-refractivity contribution in [1.29, 1.82) is 0 Å². The van der Waals surface area contributed by atoms with Gasteiger partial charge >= 0.3 is 5.97 Å². The van der Waals surface area contributed by atoms with Gasteiger partial charge in [0.05, 0.1) is 13.2 Å². The molecule has 0 heterocycles. The smallest absolute Gasteiger partial charge is 0.306 e. The highest BCUT2D eigenvalue weighted by Gasteiger charge is 2.13. The van der Waals surface area contributed by atoms with Crippen LogP contribution in [0.2, 0.25) is 0 Å². The Kier molecular flexibility index (Phi) is 36.7. The summed E-state index contributed by atoms with van der Waals surface area (Å²) in [6.45, 7) is 5.11. The van der Waals surface area contributed by atoms with Crippen LogP contribution in [0.15, 0.2) is 85.1 Å². The third-order valence-electron chi connectivity index (χ3n) is 7.45. The van der Waals surface area contributed by atoms with Gasteiger partial charge in [-0.05, 0) is 83.5 Å². The third kappa shape index (κ3) is 36.0. The van der Waals surface area contributed by atoms with Crippen LogP contribution in [-0.2, 0) is 14.3 Å². The molecule has 0 fully saturated rings. The molecule has 262 valence electrons. The molecule has 0 aromatic rings. The van der Waals surface area contributed by atoms with Gasteiger partial charge in [-0.2, -0.15) is 0 Å². The molecular weight excluding hydrogens is 568 g/mol. The van der Waals surface area contributed by atoms with E-state index in [9.17, 15) is 9.90 Å². The summed E-state index contributed by atoms with van der Waals surface area (Å²) >= 11 is 0. The van der Waals surface area contributed by atoms with Crippen LogP contribution in [0.4, 0.5) is 0 Å². The summed E-state index contributed by atoms with van der Waals surface area (Å²) in [5.41, 5.74) is 0. The topological polar surface area (TPSA) is 55.8 Å². The van der Waals surface area contributed by atoms with Gasteiger partial charge in [-0.3, -0.25) is 4.79 Å². The van der Waals surface area contributed by atoms with E-state index >= 15 is 0 Å². The summed E-state index contributed by atoms with van der Waals surface area (Å²) in [5.74, 6) is -0.240. The standard InChI is InChI=1S/C42H70O4/c1-3-5-7-9-11-13-15-17-19-20-21-22-23-25-27-29-31-33-35-37-42(44)46-41(39-43)40-45-38-36-34-32-30-28-26-24-18-16-14-12-10-8-6-4-2/h5,7,10-13,16-19,21-22,25,27,41,43H,3-4,6,8-9,14-15,20,23-24,26,28-40H2,1-2H3/b7-5-,12-10-,13-11-,18-16-,19-17-,22-21-,27-25-. The Balaban J connectivity index is 3.59. The number of hydrogen-bond acceptors (Lipinski definition) is 4. The maximum atomic E-state index is 12.1. The van der Waals surface area contributed by atoms with Gasteiger partial charge in [0.15, 0.2) is 0 Å². The quantitative estimate of drug-likeness (QED) is 0.0441. The van der Waals surface area contributed by atoms with Crippen LogP contribution < -0.4 is 0 Å². The van der Waals surface area contributed by atoms with Gasteiger partial charge in [-0.25, -0.2) is 0 Å². The van der Waals surface area contributed by atoms with Crippen LogP contribution >= 0.6 is 0 Å². The van der Waals surface area contributed by atoms with Gasteiger partial charge in [0.25, 0.3) is 0 Å². The van der Waals surface area contributed by atoms with Crippen LogP contribution in [-0.4, -0.2) is 37.0 Å². The Morgan fingerprint density at radius 3 is 1.48 bits per heavy atom. The second-order valence-electron chi connectivity index (χ2n) is 11.9. The number of unbranched alkanes of at least 4 members (excludes halogenated alkanes) is 11. The number of aliphatic hydroxyl groups is 1. The SMILES string of the molecule is CC/C=C\C/C=C\C/C=C\C/C=C\C/C=C\CCCCCC(=O)OC(CO)COCCCCCCCC/C=C\C/C=C\CCCC. The minimum Gasteiger partial charge on any atom is -0.457 e. The van der Waals surface area contributed by atoms with Crippen LogP contribution in [0.3, 0.4) is 0 Å². The number of aliphatic hydroxyl groups excluding tert-OH is 1. The van der Waals surface area contributed by atoms with Crippen molar-refractivity contribution in [3.05, 3.63) is 85.1 Å². The highest BCUT2D eigenvalue weighted by Crippen LogP contribution is 2.10. The first-order valence-corrected chi connectivity index (χ1v) is 18.7. The van der Waals surface area contributed by atoms with Crippen molar-refractivity contribution in [2.45, 2.75) is 155 Å². The zero-order chi connectivity index (χ0) is 33.4. The monoisotopic (exact) mass is 639 g/mol. The molecule has 0 aliphatic heterocycles. The predicted octanol–water partition coefficient (Wildman–Crippen LogP) is 12.0. The Hall–Kier alpha value is -2.43. The van der Waals surface area contributed by atoms with Gasteiger partial charge in [0.2, 0.25) is 0 Å². The van der Waals surface area contributed by atoms with Crippen molar-refractivity contribution in [2.24, 2.45) is 0 Å². The summed E-state index contributed by atoms with van der Waals surface area (Å²) in [6.07, 6.45) is 53.3. The largest absolute Gasteiger partial charge is 0.457 e. The van der Waals surface area contributed by atoms with Crippen molar-refractivity contribution in [3.63, 3.8) is 0 Å². The molecule has 1 atom stereocenters. The van der Waals surface area contributed by atoms with Gasteiger partial charge in [0.1, 0.15) is 6.10 Å². The third-order valence-corrected chi connectivity index (χ3v) is 7.45. The molecule has 0 aromatic heterocycles. The van der Waals surface area contributed by atoms with E-state index in [1.165, 1.54) is 51.4 Å². The first-order valence-electron chi connectivity index (χ1n) is 18.7. The zero-order valence-corrected chi connectivity index (χ0v) is 29.8. The van der Waals surface area contributed by atoms with E-state index < -0.39 is 6.10 Å². The molecule has 0 aromatic carbocycles. The fourth-order valence-electron chi connectivity index (χ4n) is 4.66. The number of ether oxygens (including phenoxy) is 2. The normalized spacial score (nSPS) is 13.4. The number of hydrogen-bond donors (Lipinski definition) is 1. The minimum absolute atomic E-state index is 0.195. The lowest BCUT2D eigenvalue weighted by atomic mass is 10.1. The molecule has 4 heteroatoms. The maximum absolute atomic E-state index is 12.1. The maximum Gasteiger partial charge on any atom is 0.306 e. The summed E-state index contributed by atoms with van der Waals surface area (Å²) < 4.78 is 11.1. The molecule has 0 rings (SSSR count). The van der Waals surface area contributed by atoms with Crippen LogP contribution in [0.5, 0.6) is 0 Å².